The minimum atomic E-state index is -0.302. The van der Waals surface area contributed by atoms with Crippen LogP contribution in [0, 0.1) is 16.2 Å². The molecule has 17 heavy (non-hydrogen) atoms. The van der Waals surface area contributed by atoms with Crippen LogP contribution in [0.2, 0.25) is 0 Å². The van der Waals surface area contributed by atoms with Gasteiger partial charge in [0.25, 0.3) is 5.69 Å². The Morgan fingerprint density at radius 3 is 2.00 bits per heavy atom. The van der Waals surface area contributed by atoms with Crippen LogP contribution >= 0.6 is 0 Å². The first-order valence-electron chi connectivity index (χ1n) is 5.74. The molecule has 0 unspecified atom stereocenters. The molecule has 0 aliphatic heterocycles. The Balaban J connectivity index is 3.43. The first-order valence-corrected chi connectivity index (χ1v) is 5.74. The maximum atomic E-state index is 11.1. The van der Waals surface area contributed by atoms with Crippen molar-refractivity contribution in [2.24, 2.45) is 0 Å². The molecule has 0 saturated carbocycles. The molecule has 93 valence electrons. The third kappa shape index (κ3) is 3.05. The third-order valence-corrected chi connectivity index (χ3v) is 2.74. The van der Waals surface area contributed by atoms with Gasteiger partial charge in [-0.2, -0.15) is 0 Å². The first kappa shape index (κ1) is 13.7. The summed E-state index contributed by atoms with van der Waals surface area (Å²) in [7, 11) is 0. The number of benzene rings is 1. The number of nitro groups is 1. The average Bonchev–Trinajstić information content (AvgIpc) is 2.14. The molecule has 0 aliphatic carbocycles. The SMILES string of the molecule is CC(C)(C)c1[c]cc(C(C)(C)C)c([N+](=O)[O-])c1. The van der Waals surface area contributed by atoms with Gasteiger partial charge in [-0.1, -0.05) is 41.5 Å². The van der Waals surface area contributed by atoms with Crippen LogP contribution in [0.25, 0.3) is 0 Å². The van der Waals surface area contributed by atoms with E-state index in [4.69, 9.17) is 0 Å². The fourth-order valence-electron chi connectivity index (χ4n) is 1.66. The maximum absolute atomic E-state index is 11.1. The summed E-state index contributed by atoms with van der Waals surface area (Å²) in [5.74, 6) is 0. The summed E-state index contributed by atoms with van der Waals surface area (Å²) in [6, 6.07) is 6.59. The summed E-state index contributed by atoms with van der Waals surface area (Å²) < 4.78 is 0. The fraction of sp³-hybridized carbons (Fsp3) is 0.571. The second kappa shape index (κ2) is 4.13. The molecule has 0 spiro atoms. The molecule has 0 atom stereocenters. The second-order valence-corrected chi connectivity index (χ2v) is 6.40. The average molecular weight is 234 g/mol. The fourth-order valence-corrected chi connectivity index (χ4v) is 1.66. The van der Waals surface area contributed by atoms with Gasteiger partial charge in [0.2, 0.25) is 0 Å². The van der Waals surface area contributed by atoms with Crippen LogP contribution in [0.5, 0.6) is 0 Å². The molecular weight excluding hydrogens is 214 g/mol. The number of nitro benzene ring substituents is 1. The van der Waals surface area contributed by atoms with Gasteiger partial charge < -0.3 is 0 Å². The quantitative estimate of drug-likeness (QED) is 0.544. The number of nitrogens with zero attached hydrogens (tertiary/aromatic N) is 1. The minimum Gasteiger partial charge on any atom is -0.258 e. The van der Waals surface area contributed by atoms with Gasteiger partial charge in [-0.15, -0.1) is 0 Å². The highest BCUT2D eigenvalue weighted by atomic mass is 16.6. The Morgan fingerprint density at radius 2 is 1.65 bits per heavy atom. The molecule has 1 aromatic rings. The molecule has 0 N–H and O–H groups in total. The van der Waals surface area contributed by atoms with Gasteiger partial charge >= 0.3 is 0 Å². The molecule has 0 bridgehead atoms. The molecule has 3 heteroatoms. The lowest BCUT2D eigenvalue weighted by molar-refractivity contribution is -0.386. The smallest absolute Gasteiger partial charge is 0.258 e. The molecule has 0 fully saturated rings. The van der Waals surface area contributed by atoms with E-state index in [9.17, 15) is 10.1 Å². The Kier molecular flexibility index (Phi) is 3.33. The van der Waals surface area contributed by atoms with Crippen LogP contribution in [0.15, 0.2) is 12.1 Å². The van der Waals surface area contributed by atoms with Crippen LogP contribution in [0.3, 0.4) is 0 Å². The molecule has 1 radical (unpaired) electrons. The molecule has 1 rings (SSSR count). The van der Waals surface area contributed by atoms with Gasteiger partial charge in [-0.25, -0.2) is 0 Å². The van der Waals surface area contributed by atoms with Crippen LogP contribution in [-0.2, 0) is 10.8 Å². The van der Waals surface area contributed by atoms with Gasteiger partial charge in [-0.05, 0) is 28.5 Å². The van der Waals surface area contributed by atoms with Gasteiger partial charge in [-0.3, -0.25) is 10.1 Å². The van der Waals surface area contributed by atoms with Crippen LogP contribution in [0.4, 0.5) is 5.69 Å². The van der Waals surface area contributed by atoms with Gasteiger partial charge in [0.15, 0.2) is 0 Å². The van der Waals surface area contributed by atoms with Crippen molar-refractivity contribution in [3.8, 4) is 0 Å². The molecule has 0 amide bonds. The highest BCUT2D eigenvalue weighted by Crippen LogP contribution is 2.34. The van der Waals surface area contributed by atoms with Crippen LogP contribution < -0.4 is 0 Å². The standard InChI is InChI=1S/C14H20NO2/c1-13(2,3)10-7-8-11(14(4,5)6)12(9-10)15(16)17/h8-9H,1-6H3. The zero-order chi connectivity index (χ0) is 13.4. The van der Waals surface area contributed by atoms with Gasteiger partial charge in [0.1, 0.15) is 0 Å². The van der Waals surface area contributed by atoms with Crippen molar-refractivity contribution in [2.75, 3.05) is 0 Å². The summed E-state index contributed by atoms with van der Waals surface area (Å²) in [6.07, 6.45) is 0. The third-order valence-electron chi connectivity index (χ3n) is 2.74. The van der Waals surface area contributed by atoms with E-state index >= 15 is 0 Å². The highest BCUT2D eigenvalue weighted by Gasteiger charge is 2.27. The van der Waals surface area contributed by atoms with E-state index < -0.39 is 0 Å². The van der Waals surface area contributed by atoms with Crippen molar-refractivity contribution >= 4 is 5.69 Å². The number of rotatable bonds is 1. The Hall–Kier alpha value is -1.38. The minimum absolute atomic E-state index is 0.124. The zero-order valence-electron chi connectivity index (χ0n) is 11.4. The summed E-state index contributed by atoms with van der Waals surface area (Å²) in [4.78, 5) is 10.8. The molecule has 0 aromatic heterocycles. The summed E-state index contributed by atoms with van der Waals surface area (Å²) in [5, 5.41) is 11.1. The van der Waals surface area contributed by atoms with E-state index in [1.54, 1.807) is 12.1 Å². The Morgan fingerprint density at radius 1 is 1.12 bits per heavy atom. The highest BCUT2D eigenvalue weighted by molar-refractivity contribution is 5.47. The molecular formula is C14H20NO2. The van der Waals surface area contributed by atoms with E-state index in [0.717, 1.165) is 11.1 Å². The normalized spacial score (nSPS) is 12.6. The van der Waals surface area contributed by atoms with Crippen molar-refractivity contribution in [1.29, 1.82) is 0 Å². The number of hydrogen-bond donors (Lipinski definition) is 0. The predicted molar refractivity (Wildman–Crippen MR) is 69.3 cm³/mol. The Labute approximate surface area is 103 Å². The zero-order valence-corrected chi connectivity index (χ0v) is 11.4. The van der Waals surface area contributed by atoms with E-state index in [0.29, 0.717) is 0 Å². The Bertz CT molecular complexity index is 437. The summed E-state index contributed by atoms with van der Waals surface area (Å²) in [5.41, 5.74) is 1.44. The van der Waals surface area contributed by atoms with E-state index in [1.165, 1.54) is 0 Å². The van der Waals surface area contributed by atoms with Crippen molar-refractivity contribution in [2.45, 2.75) is 52.4 Å². The lowest BCUT2D eigenvalue weighted by Gasteiger charge is -2.22. The van der Waals surface area contributed by atoms with Crippen LogP contribution in [-0.4, -0.2) is 4.92 Å². The molecule has 3 nitrogen and oxygen atoms in total. The van der Waals surface area contributed by atoms with Gasteiger partial charge in [0, 0.05) is 11.6 Å². The maximum Gasteiger partial charge on any atom is 0.273 e. The monoisotopic (exact) mass is 234 g/mol. The van der Waals surface area contributed by atoms with Crippen molar-refractivity contribution < 1.29 is 4.92 Å². The summed E-state index contributed by atoms with van der Waals surface area (Å²) in [6.45, 7) is 12.0. The molecule has 0 heterocycles. The van der Waals surface area contributed by atoms with E-state index in [2.05, 4.69) is 6.07 Å². The first-order chi connectivity index (χ1) is 7.53. The predicted octanol–water partition coefficient (Wildman–Crippen LogP) is 3.99. The van der Waals surface area contributed by atoms with Gasteiger partial charge in [0.05, 0.1) is 4.92 Å². The van der Waals surface area contributed by atoms with Crippen molar-refractivity contribution in [3.63, 3.8) is 0 Å². The summed E-state index contributed by atoms with van der Waals surface area (Å²) >= 11 is 0. The molecule has 0 saturated heterocycles. The topological polar surface area (TPSA) is 43.1 Å². The largest absolute Gasteiger partial charge is 0.273 e. The molecule has 1 aromatic carbocycles. The lowest BCUT2D eigenvalue weighted by Crippen LogP contribution is -2.17. The van der Waals surface area contributed by atoms with Crippen LogP contribution in [0.1, 0.15) is 52.7 Å². The molecule has 0 aliphatic rings. The van der Waals surface area contributed by atoms with E-state index in [1.807, 2.05) is 41.5 Å². The van der Waals surface area contributed by atoms with Crippen molar-refractivity contribution in [1.82, 2.24) is 0 Å². The number of hydrogen-bond acceptors (Lipinski definition) is 2. The van der Waals surface area contributed by atoms with E-state index in [-0.39, 0.29) is 21.4 Å². The van der Waals surface area contributed by atoms with Crippen molar-refractivity contribution in [3.05, 3.63) is 39.4 Å². The lowest BCUT2D eigenvalue weighted by atomic mass is 9.81. The second-order valence-electron chi connectivity index (χ2n) is 6.40.